The summed E-state index contributed by atoms with van der Waals surface area (Å²) in [4.78, 5) is 16.1. The summed E-state index contributed by atoms with van der Waals surface area (Å²) in [5, 5.41) is 10.2. The number of ether oxygens (including phenoxy) is 1. The molecule has 0 saturated heterocycles. The number of aryl methyl sites for hydroxylation is 2. The first-order valence-corrected chi connectivity index (χ1v) is 7.11. The van der Waals surface area contributed by atoms with Gasteiger partial charge in [-0.15, -0.1) is 0 Å². The van der Waals surface area contributed by atoms with E-state index in [1.54, 1.807) is 0 Å². The van der Waals surface area contributed by atoms with E-state index >= 15 is 0 Å². The smallest absolute Gasteiger partial charge is 0.232 e. The molecule has 2 heterocycles. The summed E-state index contributed by atoms with van der Waals surface area (Å²) in [6.07, 6.45) is 0.830. The van der Waals surface area contributed by atoms with Crippen molar-refractivity contribution < 1.29 is 9.53 Å². The Morgan fingerprint density at radius 1 is 1.35 bits per heavy atom. The van der Waals surface area contributed by atoms with Crippen molar-refractivity contribution in [2.45, 2.75) is 6.92 Å². The molecule has 0 aliphatic heterocycles. The first-order valence-electron chi connectivity index (χ1n) is 7.11. The second-order valence-electron chi connectivity index (χ2n) is 5.27. The number of hydrogen-bond acceptors (Lipinski definition) is 4. The van der Waals surface area contributed by atoms with E-state index in [1.807, 2.05) is 48.9 Å². The lowest BCUT2D eigenvalue weighted by Crippen LogP contribution is -1.99. The molecule has 3 rings (SSSR count). The van der Waals surface area contributed by atoms with Crippen LogP contribution < -0.4 is 4.74 Å². The maximum Gasteiger partial charge on any atom is 0.232 e. The fourth-order valence-electron chi connectivity index (χ4n) is 2.88. The van der Waals surface area contributed by atoms with Gasteiger partial charge in [0.15, 0.2) is 6.29 Å². The van der Waals surface area contributed by atoms with Gasteiger partial charge in [0.2, 0.25) is 5.88 Å². The van der Waals surface area contributed by atoms with Crippen molar-refractivity contribution in [1.82, 2.24) is 9.55 Å². The topological polar surface area (TPSA) is 67.9 Å². The molecule has 1 aromatic carbocycles. The predicted molar refractivity (Wildman–Crippen MR) is 87.5 cm³/mol. The molecule has 2 aromatic heterocycles. The van der Waals surface area contributed by atoms with Crippen LogP contribution in [0, 0.1) is 18.3 Å². The SMILES string of the molecule is COc1nc(-c2c(C=O)n(C)c3ccccc23)cc(C)c1C#N. The molecule has 0 aliphatic carbocycles. The van der Waals surface area contributed by atoms with Crippen LogP contribution in [0.5, 0.6) is 5.88 Å². The molecular formula is C18H15N3O2. The summed E-state index contributed by atoms with van der Waals surface area (Å²) < 4.78 is 7.09. The van der Waals surface area contributed by atoms with Gasteiger partial charge in [-0.05, 0) is 24.6 Å². The lowest BCUT2D eigenvalue weighted by molar-refractivity contribution is 0.111. The fraction of sp³-hybridized carbons (Fsp3) is 0.167. The Balaban J connectivity index is 2.40. The number of methoxy groups -OCH3 is 1. The number of fused-ring (bicyclic) bond motifs is 1. The van der Waals surface area contributed by atoms with Crippen molar-refractivity contribution in [2.24, 2.45) is 7.05 Å². The number of carbonyl (C=O) groups is 1. The number of aldehydes is 1. The number of para-hydroxylation sites is 1. The summed E-state index contributed by atoms with van der Waals surface area (Å²) in [6, 6.07) is 11.7. The number of benzene rings is 1. The Labute approximate surface area is 133 Å². The maximum absolute atomic E-state index is 11.6. The van der Waals surface area contributed by atoms with Crippen LogP contribution in [0.2, 0.25) is 0 Å². The first-order chi connectivity index (χ1) is 11.1. The Kier molecular flexibility index (Phi) is 3.59. The lowest BCUT2D eigenvalue weighted by Gasteiger charge is -2.09. The van der Waals surface area contributed by atoms with E-state index < -0.39 is 0 Å². The quantitative estimate of drug-likeness (QED) is 0.697. The largest absolute Gasteiger partial charge is 0.480 e. The minimum atomic E-state index is 0.271. The van der Waals surface area contributed by atoms with Crippen LogP contribution in [0.1, 0.15) is 21.6 Å². The highest BCUT2D eigenvalue weighted by Crippen LogP contribution is 2.35. The molecular weight excluding hydrogens is 290 g/mol. The van der Waals surface area contributed by atoms with Gasteiger partial charge in [-0.3, -0.25) is 4.79 Å². The zero-order chi connectivity index (χ0) is 16.6. The van der Waals surface area contributed by atoms with Crippen molar-refractivity contribution in [3.05, 3.63) is 47.2 Å². The van der Waals surface area contributed by atoms with E-state index in [9.17, 15) is 10.1 Å². The standard InChI is InChI=1S/C18H15N3O2/c1-11-8-14(20-18(23-3)13(11)9-19)17-12-6-4-5-7-15(12)21(2)16(17)10-22/h4-8,10H,1-3H3. The highest BCUT2D eigenvalue weighted by Gasteiger charge is 2.19. The van der Waals surface area contributed by atoms with Gasteiger partial charge in [0.1, 0.15) is 11.6 Å². The number of rotatable bonds is 3. The fourth-order valence-corrected chi connectivity index (χ4v) is 2.88. The summed E-state index contributed by atoms with van der Waals surface area (Å²) >= 11 is 0. The monoisotopic (exact) mass is 305 g/mol. The van der Waals surface area contributed by atoms with Crippen LogP contribution in [0.15, 0.2) is 30.3 Å². The van der Waals surface area contributed by atoms with Crippen LogP contribution in [-0.4, -0.2) is 22.9 Å². The third kappa shape index (κ3) is 2.16. The van der Waals surface area contributed by atoms with Crippen molar-refractivity contribution >= 4 is 17.2 Å². The molecule has 0 radical (unpaired) electrons. The lowest BCUT2D eigenvalue weighted by atomic mass is 10.0. The molecule has 0 atom stereocenters. The third-order valence-corrected chi connectivity index (χ3v) is 4.01. The predicted octanol–water partition coefficient (Wildman–Crippen LogP) is 3.24. The van der Waals surface area contributed by atoms with Gasteiger partial charge in [-0.25, -0.2) is 4.98 Å². The Hall–Kier alpha value is -3.13. The summed E-state index contributed by atoms with van der Waals surface area (Å²) in [5.41, 5.74) is 4.04. The van der Waals surface area contributed by atoms with Gasteiger partial charge < -0.3 is 9.30 Å². The van der Waals surface area contributed by atoms with E-state index in [0.29, 0.717) is 17.0 Å². The van der Waals surface area contributed by atoms with Gasteiger partial charge >= 0.3 is 0 Å². The molecule has 0 saturated carbocycles. The normalized spacial score (nSPS) is 10.5. The van der Waals surface area contributed by atoms with E-state index in [-0.39, 0.29) is 5.88 Å². The summed E-state index contributed by atoms with van der Waals surface area (Å²) in [7, 11) is 3.33. The second kappa shape index (κ2) is 5.58. The number of pyridine rings is 1. The average Bonchev–Trinajstić information content (AvgIpc) is 2.86. The first kappa shape index (κ1) is 14.8. The number of nitriles is 1. The minimum absolute atomic E-state index is 0.271. The Morgan fingerprint density at radius 2 is 2.09 bits per heavy atom. The number of nitrogens with zero attached hydrogens (tertiary/aromatic N) is 3. The molecule has 0 fully saturated rings. The molecule has 0 bridgehead atoms. The summed E-state index contributed by atoms with van der Waals surface area (Å²) in [6.45, 7) is 1.83. The van der Waals surface area contributed by atoms with E-state index in [2.05, 4.69) is 11.1 Å². The molecule has 0 N–H and O–H groups in total. The van der Waals surface area contributed by atoms with Crippen molar-refractivity contribution in [3.8, 4) is 23.2 Å². The Morgan fingerprint density at radius 3 is 2.74 bits per heavy atom. The Bertz CT molecular complexity index is 965. The second-order valence-corrected chi connectivity index (χ2v) is 5.27. The van der Waals surface area contributed by atoms with E-state index in [1.165, 1.54) is 7.11 Å². The molecule has 0 aliphatic rings. The molecule has 5 nitrogen and oxygen atoms in total. The number of hydrogen-bond donors (Lipinski definition) is 0. The molecule has 0 unspecified atom stereocenters. The van der Waals surface area contributed by atoms with Crippen LogP contribution >= 0.6 is 0 Å². The van der Waals surface area contributed by atoms with Gasteiger partial charge in [-0.1, -0.05) is 18.2 Å². The van der Waals surface area contributed by atoms with Crippen LogP contribution in [0.4, 0.5) is 0 Å². The average molecular weight is 305 g/mol. The van der Waals surface area contributed by atoms with Crippen LogP contribution in [-0.2, 0) is 7.05 Å². The highest BCUT2D eigenvalue weighted by molar-refractivity contribution is 6.04. The third-order valence-electron chi connectivity index (χ3n) is 4.01. The molecule has 5 heteroatoms. The molecule has 0 spiro atoms. The van der Waals surface area contributed by atoms with Gasteiger partial charge in [-0.2, -0.15) is 5.26 Å². The van der Waals surface area contributed by atoms with Gasteiger partial charge in [0.25, 0.3) is 0 Å². The highest BCUT2D eigenvalue weighted by atomic mass is 16.5. The maximum atomic E-state index is 11.6. The summed E-state index contributed by atoms with van der Waals surface area (Å²) in [5.74, 6) is 0.271. The molecule has 3 aromatic rings. The number of carbonyl (C=O) groups excluding carboxylic acids is 1. The van der Waals surface area contributed by atoms with Crippen molar-refractivity contribution in [1.29, 1.82) is 5.26 Å². The zero-order valence-corrected chi connectivity index (χ0v) is 13.1. The van der Waals surface area contributed by atoms with Crippen LogP contribution in [0.25, 0.3) is 22.2 Å². The van der Waals surface area contributed by atoms with Gasteiger partial charge in [0, 0.05) is 23.5 Å². The molecule has 23 heavy (non-hydrogen) atoms. The number of aromatic nitrogens is 2. The zero-order valence-electron chi connectivity index (χ0n) is 13.1. The van der Waals surface area contributed by atoms with E-state index in [4.69, 9.17) is 4.74 Å². The van der Waals surface area contributed by atoms with Gasteiger partial charge in [0.05, 0.1) is 18.5 Å². The molecule has 0 amide bonds. The van der Waals surface area contributed by atoms with Crippen molar-refractivity contribution in [3.63, 3.8) is 0 Å². The minimum Gasteiger partial charge on any atom is -0.480 e. The molecule has 114 valence electrons. The van der Waals surface area contributed by atoms with Crippen LogP contribution in [0.3, 0.4) is 0 Å². The van der Waals surface area contributed by atoms with E-state index in [0.717, 1.165) is 28.3 Å². The van der Waals surface area contributed by atoms with Crippen molar-refractivity contribution in [2.75, 3.05) is 7.11 Å².